The summed E-state index contributed by atoms with van der Waals surface area (Å²) < 4.78 is 18.8. The van der Waals surface area contributed by atoms with E-state index < -0.39 is 5.97 Å². The van der Waals surface area contributed by atoms with Gasteiger partial charge in [-0.1, -0.05) is 23.9 Å². The van der Waals surface area contributed by atoms with Gasteiger partial charge in [0.05, 0.1) is 19.3 Å². The van der Waals surface area contributed by atoms with Crippen molar-refractivity contribution in [2.45, 2.75) is 13.8 Å². The molecule has 8 nitrogen and oxygen atoms in total. The summed E-state index contributed by atoms with van der Waals surface area (Å²) in [5.74, 6) is 0.171. The number of carbonyl (C=O) groups is 2. The van der Waals surface area contributed by atoms with Gasteiger partial charge < -0.3 is 18.7 Å². The third-order valence-electron chi connectivity index (χ3n) is 3.13. The largest absolute Gasteiger partial charge is 0.465 e. The summed E-state index contributed by atoms with van der Waals surface area (Å²) in [5.41, 5.74) is 2.08. The summed E-state index contributed by atoms with van der Waals surface area (Å²) in [4.78, 5) is 25.9. The first-order chi connectivity index (χ1) is 12.4. The standard InChI is InChI=1S/C12H12N2O3.C6H10O3/c1-7-4-5-9(6-10(7)12(15)16-3)11-13-8(2)17-14-11;1-3-6(7)9-5-4-8-2/h4-6H,1-3H3;3H,1,4-5H2,2H3. The Morgan fingerprint density at radius 1 is 1.23 bits per heavy atom. The minimum absolute atomic E-state index is 0.293. The van der Waals surface area contributed by atoms with E-state index in [1.54, 1.807) is 20.1 Å². The fourth-order valence-electron chi connectivity index (χ4n) is 1.79. The second-order valence-electron chi connectivity index (χ2n) is 5.02. The van der Waals surface area contributed by atoms with Crippen molar-refractivity contribution in [3.8, 4) is 11.4 Å². The summed E-state index contributed by atoms with van der Waals surface area (Å²) in [7, 11) is 2.90. The molecule has 140 valence electrons. The van der Waals surface area contributed by atoms with Crippen LogP contribution in [0, 0.1) is 13.8 Å². The lowest BCUT2D eigenvalue weighted by Crippen LogP contribution is -2.06. The van der Waals surface area contributed by atoms with Crippen LogP contribution in [-0.4, -0.2) is 49.5 Å². The number of nitrogens with zero attached hydrogens (tertiary/aromatic N) is 2. The topological polar surface area (TPSA) is 101 Å². The minimum atomic E-state index is -0.410. The zero-order valence-corrected chi connectivity index (χ0v) is 15.3. The summed E-state index contributed by atoms with van der Waals surface area (Å²) in [5, 5.41) is 3.80. The van der Waals surface area contributed by atoms with Crippen LogP contribution in [0.2, 0.25) is 0 Å². The molecule has 0 spiro atoms. The number of methoxy groups -OCH3 is 2. The summed E-state index contributed by atoms with van der Waals surface area (Å²) in [6.07, 6.45) is 1.12. The monoisotopic (exact) mass is 362 g/mol. The van der Waals surface area contributed by atoms with E-state index in [1.165, 1.54) is 7.11 Å². The molecule has 0 fully saturated rings. The minimum Gasteiger partial charge on any atom is -0.465 e. The van der Waals surface area contributed by atoms with Gasteiger partial charge in [-0.3, -0.25) is 0 Å². The third-order valence-corrected chi connectivity index (χ3v) is 3.13. The van der Waals surface area contributed by atoms with E-state index in [0.29, 0.717) is 30.5 Å². The molecule has 0 saturated heterocycles. The lowest BCUT2D eigenvalue weighted by atomic mass is 10.0. The lowest BCUT2D eigenvalue weighted by molar-refractivity contribution is -0.138. The van der Waals surface area contributed by atoms with Crippen LogP contribution in [0.5, 0.6) is 0 Å². The van der Waals surface area contributed by atoms with Gasteiger partial charge in [-0.2, -0.15) is 4.98 Å². The Bertz CT molecular complexity index is 754. The molecule has 0 unspecified atom stereocenters. The van der Waals surface area contributed by atoms with Crippen LogP contribution in [0.15, 0.2) is 35.4 Å². The van der Waals surface area contributed by atoms with Crippen LogP contribution in [0.25, 0.3) is 11.4 Å². The number of benzene rings is 1. The van der Waals surface area contributed by atoms with Crippen molar-refractivity contribution in [1.29, 1.82) is 0 Å². The first-order valence-electron chi connectivity index (χ1n) is 7.70. The van der Waals surface area contributed by atoms with Crippen LogP contribution in [-0.2, 0) is 19.0 Å². The van der Waals surface area contributed by atoms with E-state index in [-0.39, 0.29) is 5.97 Å². The van der Waals surface area contributed by atoms with Crippen molar-refractivity contribution in [1.82, 2.24) is 10.1 Å². The first kappa shape index (κ1) is 21.0. The highest BCUT2D eigenvalue weighted by Gasteiger charge is 2.13. The predicted octanol–water partition coefficient (Wildman–Crippen LogP) is 2.50. The maximum absolute atomic E-state index is 11.5. The van der Waals surface area contributed by atoms with E-state index in [0.717, 1.165) is 17.2 Å². The molecule has 1 heterocycles. The van der Waals surface area contributed by atoms with E-state index >= 15 is 0 Å². The van der Waals surface area contributed by atoms with Gasteiger partial charge in [0.1, 0.15) is 6.61 Å². The SMILES string of the molecule is C=CC(=O)OCCOC.COC(=O)c1cc(-c2noc(C)n2)ccc1C. The fraction of sp³-hybridized carbons (Fsp3) is 0.333. The molecule has 0 aliphatic rings. The van der Waals surface area contributed by atoms with Crippen LogP contribution >= 0.6 is 0 Å². The predicted molar refractivity (Wildman–Crippen MR) is 93.6 cm³/mol. The van der Waals surface area contributed by atoms with Gasteiger partial charge >= 0.3 is 11.9 Å². The molecule has 0 atom stereocenters. The van der Waals surface area contributed by atoms with Gasteiger partial charge in [0, 0.05) is 25.7 Å². The van der Waals surface area contributed by atoms with Crippen LogP contribution in [0.3, 0.4) is 0 Å². The number of hydrogen-bond donors (Lipinski definition) is 0. The molecule has 1 aromatic heterocycles. The number of esters is 2. The highest BCUT2D eigenvalue weighted by molar-refractivity contribution is 5.92. The highest BCUT2D eigenvalue weighted by Crippen LogP contribution is 2.20. The maximum atomic E-state index is 11.5. The zero-order chi connectivity index (χ0) is 19.5. The van der Waals surface area contributed by atoms with E-state index in [1.807, 2.05) is 19.1 Å². The summed E-state index contributed by atoms with van der Waals surface area (Å²) in [6, 6.07) is 5.37. The molecule has 8 heteroatoms. The molecule has 2 rings (SSSR count). The van der Waals surface area contributed by atoms with Gasteiger partial charge in [-0.05, 0) is 18.6 Å². The smallest absolute Gasteiger partial charge is 0.338 e. The van der Waals surface area contributed by atoms with Crippen LogP contribution in [0.4, 0.5) is 0 Å². The van der Waals surface area contributed by atoms with Gasteiger partial charge in [-0.25, -0.2) is 9.59 Å². The second kappa shape index (κ2) is 10.8. The second-order valence-corrected chi connectivity index (χ2v) is 5.02. The summed E-state index contributed by atoms with van der Waals surface area (Å²) in [6.45, 7) is 7.51. The van der Waals surface area contributed by atoms with Gasteiger partial charge in [0.2, 0.25) is 11.7 Å². The molecule has 0 bridgehead atoms. The Morgan fingerprint density at radius 2 is 1.96 bits per heavy atom. The Hall–Kier alpha value is -3.00. The Morgan fingerprint density at radius 3 is 2.50 bits per heavy atom. The van der Waals surface area contributed by atoms with Crippen LogP contribution < -0.4 is 0 Å². The number of rotatable bonds is 6. The van der Waals surface area contributed by atoms with Gasteiger partial charge in [0.15, 0.2) is 0 Å². The molecule has 0 saturated carbocycles. The number of aryl methyl sites for hydroxylation is 2. The van der Waals surface area contributed by atoms with Crippen LogP contribution in [0.1, 0.15) is 21.8 Å². The van der Waals surface area contributed by atoms with Gasteiger partial charge in [0.25, 0.3) is 0 Å². The first-order valence-corrected chi connectivity index (χ1v) is 7.70. The number of hydrogen-bond acceptors (Lipinski definition) is 8. The third kappa shape index (κ3) is 6.48. The molecule has 0 N–H and O–H groups in total. The normalized spacial score (nSPS) is 9.69. The molecule has 0 radical (unpaired) electrons. The Balaban J connectivity index is 0.000000321. The van der Waals surface area contributed by atoms with Crippen molar-refractivity contribution in [3.63, 3.8) is 0 Å². The van der Waals surface area contributed by atoms with E-state index in [9.17, 15) is 9.59 Å². The molecule has 26 heavy (non-hydrogen) atoms. The van der Waals surface area contributed by atoms with Crippen molar-refractivity contribution < 1.29 is 28.3 Å². The maximum Gasteiger partial charge on any atom is 0.338 e. The molecular weight excluding hydrogens is 340 g/mol. The quantitative estimate of drug-likeness (QED) is 0.439. The summed E-state index contributed by atoms with van der Waals surface area (Å²) >= 11 is 0. The molecule has 0 aliphatic heterocycles. The average Bonchev–Trinajstić information content (AvgIpc) is 3.08. The molecule has 0 aliphatic carbocycles. The fourth-order valence-corrected chi connectivity index (χ4v) is 1.79. The van der Waals surface area contributed by atoms with Gasteiger partial charge in [-0.15, -0.1) is 0 Å². The van der Waals surface area contributed by atoms with Crippen molar-refractivity contribution in [2.75, 3.05) is 27.4 Å². The van der Waals surface area contributed by atoms with E-state index in [2.05, 4.69) is 26.2 Å². The number of ether oxygens (including phenoxy) is 3. The lowest BCUT2D eigenvalue weighted by Gasteiger charge is -2.04. The molecule has 2 aromatic rings. The van der Waals surface area contributed by atoms with E-state index in [4.69, 9.17) is 9.26 Å². The highest BCUT2D eigenvalue weighted by atomic mass is 16.6. The Kier molecular flexibility index (Phi) is 8.72. The average molecular weight is 362 g/mol. The number of aromatic nitrogens is 2. The van der Waals surface area contributed by atoms with Crippen molar-refractivity contribution in [3.05, 3.63) is 47.9 Å². The number of carbonyl (C=O) groups excluding carboxylic acids is 2. The van der Waals surface area contributed by atoms with Crippen molar-refractivity contribution in [2.24, 2.45) is 0 Å². The zero-order valence-electron chi connectivity index (χ0n) is 15.3. The molecule has 1 aromatic carbocycles. The molecular formula is C18H22N2O6. The Labute approximate surface area is 151 Å². The molecule has 0 amide bonds. The van der Waals surface area contributed by atoms with Crippen molar-refractivity contribution >= 4 is 11.9 Å².